The van der Waals surface area contributed by atoms with Crippen LogP contribution in [0.2, 0.25) is 0 Å². The minimum atomic E-state index is -0.386. The molecule has 0 atom stereocenters. The van der Waals surface area contributed by atoms with Gasteiger partial charge in [0, 0.05) is 17.3 Å². The molecule has 0 aliphatic carbocycles. The van der Waals surface area contributed by atoms with Gasteiger partial charge >= 0.3 is 5.97 Å². The number of aryl methyl sites for hydroxylation is 1. The Hall–Kier alpha value is -1.36. The number of rotatable bonds is 5. The summed E-state index contributed by atoms with van der Waals surface area (Å²) >= 11 is 1.36. The van der Waals surface area contributed by atoms with E-state index in [1.165, 1.54) is 18.4 Å². The van der Waals surface area contributed by atoms with Gasteiger partial charge in [0.1, 0.15) is 4.88 Å². The van der Waals surface area contributed by atoms with Crippen LogP contribution in [0.4, 0.5) is 5.69 Å². The Bertz CT molecular complexity index is 466. The lowest BCUT2D eigenvalue weighted by molar-refractivity contribution is -0.119. The van der Waals surface area contributed by atoms with Crippen molar-refractivity contribution < 1.29 is 14.3 Å². The summed E-state index contributed by atoms with van der Waals surface area (Å²) in [6, 6.07) is 1.89. The number of ether oxygens (including phenoxy) is 1. The monoisotopic (exact) mass is 313 g/mol. The third-order valence-electron chi connectivity index (χ3n) is 2.71. The van der Waals surface area contributed by atoms with Crippen LogP contribution in [0, 0.1) is 6.92 Å². The molecule has 1 amide bonds. The molecule has 4 nitrogen and oxygen atoms in total. The van der Waals surface area contributed by atoms with Gasteiger partial charge in [-0.1, -0.05) is 20.8 Å². The number of nitrogens with zero attached hydrogens (tertiary/aromatic N) is 1. The highest BCUT2D eigenvalue weighted by Crippen LogP contribution is 2.32. The summed E-state index contributed by atoms with van der Waals surface area (Å²) < 4.78 is 4.79. The van der Waals surface area contributed by atoms with Crippen LogP contribution in [0.25, 0.3) is 0 Å². The second-order valence-corrected chi connectivity index (χ2v) is 5.93. The van der Waals surface area contributed by atoms with Gasteiger partial charge in [0.25, 0.3) is 0 Å². The average molecular weight is 313 g/mol. The summed E-state index contributed by atoms with van der Waals surface area (Å²) in [6.07, 6.45) is 1.27. The average Bonchev–Trinajstić information content (AvgIpc) is 2.82. The van der Waals surface area contributed by atoms with Crippen LogP contribution in [0.5, 0.6) is 0 Å². The van der Waals surface area contributed by atoms with Crippen molar-refractivity contribution in [3.05, 3.63) is 15.8 Å². The second kappa shape index (κ2) is 9.55. The molecule has 0 aliphatic heterocycles. The first-order valence-corrected chi connectivity index (χ1v) is 8.24. The molecule has 1 heterocycles. The van der Waals surface area contributed by atoms with Crippen molar-refractivity contribution in [3.8, 4) is 0 Å². The number of anilines is 1. The van der Waals surface area contributed by atoms with Crippen molar-refractivity contribution in [1.29, 1.82) is 0 Å². The van der Waals surface area contributed by atoms with Gasteiger partial charge < -0.3 is 9.64 Å². The second-order valence-electron chi connectivity index (χ2n) is 4.67. The van der Waals surface area contributed by atoms with Crippen molar-refractivity contribution >= 4 is 28.9 Å². The normalized spacial score (nSPS) is 9.90. The molecule has 0 spiro atoms. The van der Waals surface area contributed by atoms with Gasteiger partial charge in [-0.2, -0.15) is 0 Å². The lowest BCUT2D eigenvalue weighted by Crippen LogP contribution is -2.37. The molecule has 0 aromatic carbocycles. The maximum absolute atomic E-state index is 12.2. The number of esters is 1. The number of thiophene rings is 1. The third-order valence-corrected chi connectivity index (χ3v) is 3.73. The molecule has 1 aromatic heterocycles. The zero-order chi connectivity index (χ0) is 16.6. The molecule has 0 bridgehead atoms. The van der Waals surface area contributed by atoms with E-state index >= 15 is 0 Å². The summed E-state index contributed by atoms with van der Waals surface area (Å²) in [7, 11) is 1.36. The zero-order valence-corrected chi connectivity index (χ0v) is 15.0. The maximum atomic E-state index is 12.2. The van der Waals surface area contributed by atoms with E-state index in [4.69, 9.17) is 4.74 Å². The standard InChI is InChI=1S/C14H21NO3S.C2H6/c1-6-7-12(16)15(9(2)3)11-8-10(4)19-13(11)14(17)18-5;1-2/h8-9H,6-7H2,1-5H3;1-2H3. The largest absolute Gasteiger partial charge is 0.465 e. The highest BCUT2D eigenvalue weighted by molar-refractivity contribution is 7.14. The predicted octanol–water partition coefficient (Wildman–Crippen LogP) is 4.41. The van der Waals surface area contributed by atoms with Crippen LogP contribution >= 0.6 is 11.3 Å². The summed E-state index contributed by atoms with van der Waals surface area (Å²) in [5.74, 6) is -0.344. The quantitative estimate of drug-likeness (QED) is 0.756. The van der Waals surface area contributed by atoms with E-state index < -0.39 is 0 Å². The van der Waals surface area contributed by atoms with Crippen LogP contribution in [0.3, 0.4) is 0 Å². The van der Waals surface area contributed by atoms with Gasteiger partial charge in [0.2, 0.25) is 5.91 Å². The first-order chi connectivity index (χ1) is 9.92. The topological polar surface area (TPSA) is 46.6 Å². The van der Waals surface area contributed by atoms with Crippen molar-refractivity contribution in [1.82, 2.24) is 0 Å². The van der Waals surface area contributed by atoms with Crippen molar-refractivity contribution in [2.75, 3.05) is 12.0 Å². The Morgan fingerprint density at radius 1 is 1.33 bits per heavy atom. The van der Waals surface area contributed by atoms with E-state index in [-0.39, 0.29) is 17.9 Å². The molecule has 1 rings (SSSR count). The van der Waals surface area contributed by atoms with Crippen LogP contribution in [0.15, 0.2) is 6.07 Å². The van der Waals surface area contributed by atoms with E-state index in [0.29, 0.717) is 17.0 Å². The smallest absolute Gasteiger partial charge is 0.350 e. The lowest BCUT2D eigenvalue weighted by Gasteiger charge is -2.26. The number of hydrogen-bond acceptors (Lipinski definition) is 4. The SMILES string of the molecule is CC.CCCC(=O)N(c1cc(C)sc1C(=O)OC)C(C)C. The van der Waals surface area contributed by atoms with Crippen LogP contribution in [-0.4, -0.2) is 25.0 Å². The Labute approximate surface area is 132 Å². The third kappa shape index (κ3) is 5.16. The van der Waals surface area contributed by atoms with Gasteiger partial charge in [0.05, 0.1) is 12.8 Å². The number of carbonyl (C=O) groups is 2. The molecule has 0 unspecified atom stereocenters. The van der Waals surface area contributed by atoms with Crippen LogP contribution in [0.1, 0.15) is 62.0 Å². The minimum Gasteiger partial charge on any atom is -0.465 e. The molecule has 21 heavy (non-hydrogen) atoms. The van der Waals surface area contributed by atoms with Crippen molar-refractivity contribution in [2.24, 2.45) is 0 Å². The molecular weight excluding hydrogens is 286 g/mol. The first-order valence-electron chi connectivity index (χ1n) is 7.43. The molecule has 0 N–H and O–H groups in total. The summed E-state index contributed by atoms with van der Waals surface area (Å²) in [6.45, 7) is 11.8. The van der Waals surface area contributed by atoms with Crippen LogP contribution in [-0.2, 0) is 9.53 Å². The molecule has 0 saturated heterocycles. The molecule has 0 saturated carbocycles. The summed E-state index contributed by atoms with van der Waals surface area (Å²) in [4.78, 5) is 27.2. The Morgan fingerprint density at radius 3 is 2.33 bits per heavy atom. The lowest BCUT2D eigenvalue weighted by atomic mass is 10.2. The molecule has 0 fully saturated rings. The highest BCUT2D eigenvalue weighted by atomic mass is 32.1. The van der Waals surface area contributed by atoms with Crippen LogP contribution < -0.4 is 4.90 Å². The Kier molecular flexibility index (Phi) is 8.93. The van der Waals surface area contributed by atoms with E-state index in [1.54, 1.807) is 4.90 Å². The van der Waals surface area contributed by atoms with Gasteiger partial charge in [-0.05, 0) is 33.3 Å². The van der Waals surface area contributed by atoms with Gasteiger partial charge in [0.15, 0.2) is 0 Å². The molecule has 120 valence electrons. The fourth-order valence-corrected chi connectivity index (χ4v) is 2.87. The molecule has 5 heteroatoms. The molecule has 0 aliphatic rings. The fourth-order valence-electron chi connectivity index (χ4n) is 1.95. The number of carbonyl (C=O) groups excluding carboxylic acids is 2. The zero-order valence-electron chi connectivity index (χ0n) is 14.1. The van der Waals surface area contributed by atoms with E-state index in [9.17, 15) is 9.59 Å². The van der Waals surface area contributed by atoms with Crippen molar-refractivity contribution in [2.45, 2.75) is 60.4 Å². The van der Waals surface area contributed by atoms with Crippen molar-refractivity contribution in [3.63, 3.8) is 0 Å². The highest BCUT2D eigenvalue weighted by Gasteiger charge is 2.26. The number of hydrogen-bond donors (Lipinski definition) is 0. The van der Waals surface area contributed by atoms with Gasteiger partial charge in [-0.3, -0.25) is 4.79 Å². The maximum Gasteiger partial charge on any atom is 0.350 e. The fraction of sp³-hybridized carbons (Fsp3) is 0.625. The molecule has 0 radical (unpaired) electrons. The number of methoxy groups -OCH3 is 1. The summed E-state index contributed by atoms with van der Waals surface area (Å²) in [5.41, 5.74) is 0.669. The minimum absolute atomic E-state index is 0.0106. The van der Waals surface area contributed by atoms with Gasteiger partial charge in [-0.15, -0.1) is 11.3 Å². The summed E-state index contributed by atoms with van der Waals surface area (Å²) in [5, 5.41) is 0. The first kappa shape index (κ1) is 19.6. The van der Waals surface area contributed by atoms with E-state index in [0.717, 1.165) is 11.3 Å². The Morgan fingerprint density at radius 2 is 1.90 bits per heavy atom. The molecular formula is C16H27NO3S. The van der Waals surface area contributed by atoms with E-state index in [2.05, 4.69) is 0 Å². The predicted molar refractivity (Wildman–Crippen MR) is 89.3 cm³/mol. The molecule has 1 aromatic rings. The van der Waals surface area contributed by atoms with Gasteiger partial charge in [-0.25, -0.2) is 4.79 Å². The Balaban J connectivity index is 0.00000191. The van der Waals surface area contributed by atoms with E-state index in [1.807, 2.05) is 47.6 Å². The number of amides is 1.